The van der Waals surface area contributed by atoms with Crippen LogP contribution in [0.2, 0.25) is 0 Å². The molecule has 130 valence electrons. The summed E-state index contributed by atoms with van der Waals surface area (Å²) < 4.78 is 33.9. The molecule has 0 saturated carbocycles. The number of pyridine rings is 1. The Balaban J connectivity index is 1.99. The number of halogens is 2. The van der Waals surface area contributed by atoms with Gasteiger partial charge in [-0.1, -0.05) is 6.07 Å². The van der Waals surface area contributed by atoms with Crippen molar-refractivity contribution in [2.75, 3.05) is 7.11 Å². The summed E-state index contributed by atoms with van der Waals surface area (Å²) in [6.07, 6.45) is 3.41. The van der Waals surface area contributed by atoms with Crippen molar-refractivity contribution in [2.45, 2.75) is 20.1 Å². The van der Waals surface area contributed by atoms with Crippen molar-refractivity contribution in [1.29, 1.82) is 0 Å². The number of nitrogens with zero attached hydrogens (tertiary/aromatic N) is 3. The molecule has 0 aliphatic heterocycles. The third kappa shape index (κ3) is 3.51. The lowest BCUT2D eigenvalue weighted by Gasteiger charge is -2.11. The second-order valence-electron chi connectivity index (χ2n) is 5.59. The monoisotopic (exact) mass is 345 g/mol. The van der Waals surface area contributed by atoms with Gasteiger partial charge in [0.2, 0.25) is 5.88 Å². The molecule has 0 spiro atoms. The molecule has 2 heterocycles. The van der Waals surface area contributed by atoms with E-state index in [1.54, 1.807) is 12.4 Å². The molecule has 0 aliphatic rings. The molecular weight excluding hydrogens is 328 g/mol. The number of aromatic nitrogens is 3. The second-order valence-corrected chi connectivity index (χ2v) is 5.59. The second kappa shape index (κ2) is 6.98. The predicted molar refractivity (Wildman–Crippen MR) is 88.1 cm³/mol. The van der Waals surface area contributed by atoms with Crippen LogP contribution in [0.25, 0.3) is 11.1 Å². The van der Waals surface area contributed by atoms with Gasteiger partial charge in [0.25, 0.3) is 0 Å². The highest BCUT2D eigenvalue weighted by molar-refractivity contribution is 5.69. The third-order valence-corrected chi connectivity index (χ3v) is 3.87. The minimum absolute atomic E-state index is 0.130. The Morgan fingerprint density at radius 1 is 1.20 bits per heavy atom. The standard InChI is InChI=1S/C18H17F2N3O2/c1-11-22-14(10-24)9-23(11)8-12-5-15(18(25-2)21-7-12)13-3-4-16(19)17(20)6-13/h3-7,9,24H,8,10H2,1-2H3. The summed E-state index contributed by atoms with van der Waals surface area (Å²) in [6, 6.07) is 5.49. The fraction of sp³-hybridized carbons (Fsp3) is 0.222. The van der Waals surface area contributed by atoms with E-state index in [9.17, 15) is 13.9 Å². The van der Waals surface area contributed by atoms with Gasteiger partial charge in [0.1, 0.15) is 5.82 Å². The lowest BCUT2D eigenvalue weighted by molar-refractivity contribution is 0.277. The number of methoxy groups -OCH3 is 1. The van der Waals surface area contributed by atoms with Crippen LogP contribution in [0.5, 0.6) is 5.88 Å². The molecule has 0 unspecified atom stereocenters. The molecule has 0 radical (unpaired) electrons. The van der Waals surface area contributed by atoms with Gasteiger partial charge in [0, 0.05) is 18.0 Å². The summed E-state index contributed by atoms with van der Waals surface area (Å²) in [7, 11) is 1.47. The average Bonchev–Trinajstić information content (AvgIpc) is 2.97. The summed E-state index contributed by atoms with van der Waals surface area (Å²) in [5.41, 5.74) is 2.47. The first-order chi connectivity index (χ1) is 12.0. The number of rotatable bonds is 5. The normalized spacial score (nSPS) is 10.9. The summed E-state index contributed by atoms with van der Waals surface area (Å²) in [5.74, 6) is -0.747. The predicted octanol–water partition coefficient (Wildman–Crippen LogP) is 3.08. The molecule has 3 rings (SSSR count). The molecule has 0 amide bonds. The summed E-state index contributed by atoms with van der Waals surface area (Å²) >= 11 is 0. The van der Waals surface area contributed by atoms with Crippen molar-refractivity contribution in [3.63, 3.8) is 0 Å². The fourth-order valence-electron chi connectivity index (χ4n) is 2.62. The molecule has 2 aromatic heterocycles. The van der Waals surface area contributed by atoms with Crippen LogP contribution in [0.1, 0.15) is 17.1 Å². The SMILES string of the molecule is COc1ncc(Cn2cc(CO)nc2C)cc1-c1ccc(F)c(F)c1. The van der Waals surface area contributed by atoms with Gasteiger partial charge in [-0.25, -0.2) is 18.7 Å². The Labute approximate surface area is 143 Å². The van der Waals surface area contributed by atoms with Gasteiger partial charge in [-0.15, -0.1) is 0 Å². The van der Waals surface area contributed by atoms with Crippen molar-refractivity contribution in [3.8, 4) is 17.0 Å². The Bertz CT molecular complexity index is 909. The zero-order valence-electron chi connectivity index (χ0n) is 13.8. The van der Waals surface area contributed by atoms with E-state index in [2.05, 4.69) is 9.97 Å². The van der Waals surface area contributed by atoms with Crippen LogP contribution >= 0.6 is 0 Å². The van der Waals surface area contributed by atoms with E-state index in [0.29, 0.717) is 29.2 Å². The molecule has 0 bridgehead atoms. The molecule has 5 nitrogen and oxygen atoms in total. The molecule has 3 aromatic rings. The maximum atomic E-state index is 13.6. The van der Waals surface area contributed by atoms with Gasteiger partial charge < -0.3 is 14.4 Å². The first-order valence-electron chi connectivity index (χ1n) is 7.63. The molecule has 1 aromatic carbocycles. The zero-order chi connectivity index (χ0) is 18.0. The van der Waals surface area contributed by atoms with Crippen molar-refractivity contribution in [1.82, 2.24) is 14.5 Å². The Hall–Kier alpha value is -2.80. The highest BCUT2D eigenvalue weighted by atomic mass is 19.2. The lowest BCUT2D eigenvalue weighted by Crippen LogP contribution is -2.03. The lowest BCUT2D eigenvalue weighted by atomic mass is 10.0. The maximum absolute atomic E-state index is 13.6. The van der Waals surface area contributed by atoms with Gasteiger partial charge >= 0.3 is 0 Å². The van der Waals surface area contributed by atoms with Crippen LogP contribution in [0.4, 0.5) is 8.78 Å². The van der Waals surface area contributed by atoms with Crippen LogP contribution < -0.4 is 4.74 Å². The minimum Gasteiger partial charge on any atom is -0.481 e. The fourth-order valence-corrected chi connectivity index (χ4v) is 2.62. The molecular formula is C18H17F2N3O2. The van der Waals surface area contributed by atoms with E-state index < -0.39 is 11.6 Å². The van der Waals surface area contributed by atoms with Crippen LogP contribution in [-0.2, 0) is 13.2 Å². The number of hydrogen-bond donors (Lipinski definition) is 1. The first kappa shape index (κ1) is 17.0. The highest BCUT2D eigenvalue weighted by Crippen LogP contribution is 2.30. The van der Waals surface area contributed by atoms with Crippen LogP contribution in [0, 0.1) is 18.6 Å². The Morgan fingerprint density at radius 2 is 2.00 bits per heavy atom. The minimum atomic E-state index is -0.928. The van der Waals surface area contributed by atoms with Gasteiger partial charge in [-0.2, -0.15) is 0 Å². The van der Waals surface area contributed by atoms with Crippen molar-refractivity contribution in [2.24, 2.45) is 0 Å². The van der Waals surface area contributed by atoms with Crippen molar-refractivity contribution < 1.29 is 18.6 Å². The molecule has 0 atom stereocenters. The van der Waals surface area contributed by atoms with Crippen molar-refractivity contribution in [3.05, 3.63) is 65.4 Å². The number of aryl methyl sites for hydroxylation is 1. The quantitative estimate of drug-likeness (QED) is 0.772. The zero-order valence-corrected chi connectivity index (χ0v) is 13.8. The highest BCUT2D eigenvalue weighted by Gasteiger charge is 2.13. The van der Waals surface area contributed by atoms with E-state index >= 15 is 0 Å². The number of imidazole rings is 1. The van der Waals surface area contributed by atoms with E-state index in [1.165, 1.54) is 13.2 Å². The summed E-state index contributed by atoms with van der Waals surface area (Å²) in [5, 5.41) is 9.18. The van der Waals surface area contributed by atoms with Crippen LogP contribution in [-0.4, -0.2) is 26.8 Å². The smallest absolute Gasteiger partial charge is 0.221 e. The molecule has 1 N–H and O–H groups in total. The largest absolute Gasteiger partial charge is 0.481 e. The molecule has 7 heteroatoms. The van der Waals surface area contributed by atoms with Gasteiger partial charge in [0.15, 0.2) is 11.6 Å². The van der Waals surface area contributed by atoms with E-state index in [0.717, 1.165) is 23.5 Å². The van der Waals surface area contributed by atoms with Gasteiger partial charge in [-0.3, -0.25) is 0 Å². The topological polar surface area (TPSA) is 60.2 Å². The summed E-state index contributed by atoms with van der Waals surface area (Å²) in [6.45, 7) is 2.19. The van der Waals surface area contributed by atoms with Crippen molar-refractivity contribution >= 4 is 0 Å². The Morgan fingerprint density at radius 3 is 2.64 bits per heavy atom. The first-order valence-corrected chi connectivity index (χ1v) is 7.63. The van der Waals surface area contributed by atoms with Crippen LogP contribution in [0.3, 0.4) is 0 Å². The molecule has 0 fully saturated rings. The molecule has 25 heavy (non-hydrogen) atoms. The van der Waals surface area contributed by atoms with E-state index in [1.807, 2.05) is 17.6 Å². The van der Waals surface area contributed by atoms with Gasteiger partial charge in [-0.05, 0) is 36.2 Å². The molecule has 0 aliphatic carbocycles. The number of hydrogen-bond acceptors (Lipinski definition) is 4. The molecule has 0 saturated heterocycles. The average molecular weight is 345 g/mol. The van der Waals surface area contributed by atoms with Crippen LogP contribution in [0.15, 0.2) is 36.7 Å². The Kier molecular flexibility index (Phi) is 4.76. The third-order valence-electron chi connectivity index (χ3n) is 3.87. The number of aliphatic hydroxyl groups is 1. The number of ether oxygens (including phenoxy) is 1. The summed E-state index contributed by atoms with van der Waals surface area (Å²) in [4.78, 5) is 8.49. The van der Waals surface area contributed by atoms with Gasteiger partial charge in [0.05, 0.1) is 26.0 Å². The van der Waals surface area contributed by atoms with E-state index in [-0.39, 0.29) is 6.61 Å². The van der Waals surface area contributed by atoms with E-state index in [4.69, 9.17) is 4.74 Å². The number of benzene rings is 1. The number of aliphatic hydroxyl groups excluding tert-OH is 1. The maximum Gasteiger partial charge on any atom is 0.221 e.